The lowest BCUT2D eigenvalue weighted by Gasteiger charge is -1.95. The quantitative estimate of drug-likeness (QED) is 0.521. The molecular formula is C9H10N. The first kappa shape index (κ1) is 7.00. The number of para-hydroxylation sites is 1. The van der Waals surface area contributed by atoms with E-state index in [1.807, 2.05) is 31.2 Å². The van der Waals surface area contributed by atoms with E-state index in [1.165, 1.54) is 5.56 Å². The van der Waals surface area contributed by atoms with Crippen molar-refractivity contribution < 1.29 is 0 Å². The van der Waals surface area contributed by atoms with Gasteiger partial charge in [0.25, 0.3) is 0 Å². The summed E-state index contributed by atoms with van der Waals surface area (Å²) in [5.74, 6) is 0. The zero-order valence-corrected chi connectivity index (χ0v) is 6.04. The molecule has 51 valence electrons. The van der Waals surface area contributed by atoms with Gasteiger partial charge in [-0.15, -0.1) is 0 Å². The lowest BCUT2D eigenvalue weighted by Crippen LogP contribution is -1.71. The maximum absolute atomic E-state index is 4.07. The SMILES string of the molecule is [CH2]C=Nc1ccccc1C. The zero-order valence-electron chi connectivity index (χ0n) is 6.04. The minimum absolute atomic E-state index is 0.998. The van der Waals surface area contributed by atoms with E-state index in [0.29, 0.717) is 0 Å². The van der Waals surface area contributed by atoms with Crippen LogP contribution in [-0.2, 0) is 0 Å². The fourth-order valence-corrected chi connectivity index (χ4v) is 0.807. The van der Waals surface area contributed by atoms with Crippen LogP contribution in [0.25, 0.3) is 0 Å². The second-order valence-electron chi connectivity index (χ2n) is 2.10. The summed E-state index contributed by atoms with van der Waals surface area (Å²) in [6.07, 6.45) is 1.56. The molecular weight excluding hydrogens is 122 g/mol. The maximum Gasteiger partial charge on any atom is 0.0654 e. The molecule has 1 radical (unpaired) electrons. The molecule has 0 heterocycles. The molecule has 1 nitrogen and oxygen atoms in total. The fraction of sp³-hybridized carbons (Fsp3) is 0.111. The lowest BCUT2D eigenvalue weighted by atomic mass is 10.2. The Bertz CT molecular complexity index is 238. The molecule has 0 fully saturated rings. The molecule has 0 saturated carbocycles. The number of hydrogen-bond donors (Lipinski definition) is 0. The molecule has 1 aromatic carbocycles. The lowest BCUT2D eigenvalue weighted by molar-refractivity contribution is 1.41. The van der Waals surface area contributed by atoms with Gasteiger partial charge >= 0.3 is 0 Å². The van der Waals surface area contributed by atoms with Crippen molar-refractivity contribution in [3.8, 4) is 0 Å². The van der Waals surface area contributed by atoms with Gasteiger partial charge < -0.3 is 0 Å². The Morgan fingerprint density at radius 2 is 2.10 bits per heavy atom. The van der Waals surface area contributed by atoms with E-state index in [2.05, 4.69) is 11.9 Å². The molecule has 0 aliphatic rings. The summed E-state index contributed by atoms with van der Waals surface area (Å²) in [7, 11) is 0. The van der Waals surface area contributed by atoms with E-state index in [0.717, 1.165) is 5.69 Å². The van der Waals surface area contributed by atoms with Crippen molar-refractivity contribution in [3.05, 3.63) is 36.8 Å². The Kier molecular flexibility index (Phi) is 2.21. The van der Waals surface area contributed by atoms with Crippen molar-refractivity contribution in [1.29, 1.82) is 0 Å². The highest BCUT2D eigenvalue weighted by Crippen LogP contribution is 2.15. The fourth-order valence-electron chi connectivity index (χ4n) is 0.807. The van der Waals surface area contributed by atoms with Crippen LogP contribution in [0.4, 0.5) is 5.69 Å². The van der Waals surface area contributed by atoms with Crippen molar-refractivity contribution >= 4 is 11.9 Å². The normalized spacial score (nSPS) is 10.6. The van der Waals surface area contributed by atoms with Crippen LogP contribution in [0.3, 0.4) is 0 Å². The minimum atomic E-state index is 0.998. The maximum atomic E-state index is 4.07. The van der Waals surface area contributed by atoms with E-state index in [4.69, 9.17) is 0 Å². The second kappa shape index (κ2) is 3.16. The van der Waals surface area contributed by atoms with E-state index in [9.17, 15) is 0 Å². The Balaban J connectivity index is 3.03. The minimum Gasteiger partial charge on any atom is -0.261 e. The van der Waals surface area contributed by atoms with E-state index in [-0.39, 0.29) is 0 Å². The van der Waals surface area contributed by atoms with Crippen LogP contribution in [-0.4, -0.2) is 6.21 Å². The summed E-state index contributed by atoms with van der Waals surface area (Å²) >= 11 is 0. The van der Waals surface area contributed by atoms with Crippen LogP contribution >= 0.6 is 0 Å². The predicted octanol–water partition coefficient (Wildman–Crippen LogP) is 2.53. The smallest absolute Gasteiger partial charge is 0.0654 e. The number of aliphatic imine (C=N–C) groups is 1. The first-order valence-corrected chi connectivity index (χ1v) is 3.22. The van der Waals surface area contributed by atoms with Crippen molar-refractivity contribution in [2.45, 2.75) is 6.92 Å². The molecule has 0 unspecified atom stereocenters. The van der Waals surface area contributed by atoms with Crippen LogP contribution < -0.4 is 0 Å². The van der Waals surface area contributed by atoms with E-state index >= 15 is 0 Å². The summed E-state index contributed by atoms with van der Waals surface area (Å²) in [5, 5.41) is 0. The van der Waals surface area contributed by atoms with Gasteiger partial charge in [0.1, 0.15) is 0 Å². The van der Waals surface area contributed by atoms with Gasteiger partial charge in [-0.3, -0.25) is 4.99 Å². The molecule has 0 spiro atoms. The molecule has 0 N–H and O–H groups in total. The van der Waals surface area contributed by atoms with E-state index in [1.54, 1.807) is 6.21 Å². The topological polar surface area (TPSA) is 12.4 Å². The van der Waals surface area contributed by atoms with Gasteiger partial charge in [0, 0.05) is 6.21 Å². The third-order valence-corrected chi connectivity index (χ3v) is 1.35. The van der Waals surface area contributed by atoms with E-state index < -0.39 is 0 Å². The average Bonchev–Trinajstić information content (AvgIpc) is 1.94. The first-order chi connectivity index (χ1) is 4.84. The molecule has 0 aliphatic carbocycles. The number of rotatable bonds is 1. The first-order valence-electron chi connectivity index (χ1n) is 3.22. The molecule has 1 aromatic rings. The Morgan fingerprint density at radius 3 is 2.70 bits per heavy atom. The number of hydrogen-bond acceptors (Lipinski definition) is 1. The summed E-state index contributed by atoms with van der Waals surface area (Å²) < 4.78 is 0. The molecule has 0 aliphatic heterocycles. The molecule has 1 rings (SSSR count). The van der Waals surface area contributed by atoms with Gasteiger partial charge in [0.2, 0.25) is 0 Å². The van der Waals surface area contributed by atoms with Gasteiger partial charge in [-0.25, -0.2) is 0 Å². The summed E-state index contributed by atoms with van der Waals surface area (Å²) in [4.78, 5) is 4.07. The van der Waals surface area contributed by atoms with Crippen LogP contribution in [0, 0.1) is 13.8 Å². The molecule has 0 aromatic heterocycles. The van der Waals surface area contributed by atoms with Gasteiger partial charge in [-0.05, 0) is 25.5 Å². The third-order valence-electron chi connectivity index (χ3n) is 1.35. The molecule has 0 atom stereocenters. The van der Waals surface area contributed by atoms with Gasteiger partial charge in [-0.1, -0.05) is 18.2 Å². The van der Waals surface area contributed by atoms with Gasteiger partial charge in [0.15, 0.2) is 0 Å². The summed E-state index contributed by atoms with van der Waals surface area (Å²) in [6.45, 7) is 5.56. The number of benzene rings is 1. The Hall–Kier alpha value is -1.11. The standard InChI is InChI=1S/C9H10N/c1-3-10-9-7-5-4-6-8(9)2/h3-7H,1H2,2H3. The monoisotopic (exact) mass is 132 g/mol. The molecule has 0 amide bonds. The third kappa shape index (κ3) is 1.44. The predicted molar refractivity (Wildman–Crippen MR) is 44.7 cm³/mol. The number of nitrogens with zero attached hydrogens (tertiary/aromatic N) is 1. The highest BCUT2D eigenvalue weighted by atomic mass is 14.7. The Labute approximate surface area is 61.4 Å². The van der Waals surface area contributed by atoms with Crippen LogP contribution in [0.2, 0.25) is 0 Å². The van der Waals surface area contributed by atoms with Gasteiger partial charge in [-0.2, -0.15) is 0 Å². The van der Waals surface area contributed by atoms with Crippen molar-refractivity contribution in [2.75, 3.05) is 0 Å². The van der Waals surface area contributed by atoms with Crippen LogP contribution in [0.1, 0.15) is 5.56 Å². The summed E-state index contributed by atoms with van der Waals surface area (Å²) in [6, 6.07) is 7.96. The number of aryl methyl sites for hydroxylation is 1. The van der Waals surface area contributed by atoms with Crippen molar-refractivity contribution in [3.63, 3.8) is 0 Å². The van der Waals surface area contributed by atoms with Gasteiger partial charge in [0.05, 0.1) is 5.69 Å². The average molecular weight is 132 g/mol. The second-order valence-corrected chi connectivity index (χ2v) is 2.10. The van der Waals surface area contributed by atoms with Crippen molar-refractivity contribution in [2.24, 2.45) is 4.99 Å². The largest absolute Gasteiger partial charge is 0.261 e. The zero-order chi connectivity index (χ0) is 7.40. The van der Waals surface area contributed by atoms with Crippen molar-refractivity contribution in [1.82, 2.24) is 0 Å². The Morgan fingerprint density at radius 1 is 1.40 bits per heavy atom. The molecule has 10 heavy (non-hydrogen) atoms. The summed E-state index contributed by atoms with van der Waals surface area (Å²) in [5.41, 5.74) is 2.18. The molecule has 1 heteroatoms. The van der Waals surface area contributed by atoms with Crippen LogP contribution in [0.15, 0.2) is 29.3 Å². The molecule has 0 saturated heterocycles. The van der Waals surface area contributed by atoms with Crippen LogP contribution in [0.5, 0.6) is 0 Å². The highest BCUT2D eigenvalue weighted by molar-refractivity contribution is 5.67. The molecule has 0 bridgehead atoms. The highest BCUT2D eigenvalue weighted by Gasteiger charge is 1.89.